The number of ether oxygens (including phenoxy) is 2. The van der Waals surface area contributed by atoms with Crippen molar-refractivity contribution in [2.75, 3.05) is 13.2 Å². The maximum Gasteiger partial charge on any atom is 0.119 e. The Morgan fingerprint density at radius 3 is 2.67 bits per heavy atom. The van der Waals surface area contributed by atoms with E-state index in [4.69, 9.17) is 9.47 Å². The van der Waals surface area contributed by atoms with Crippen LogP contribution in [0.4, 0.5) is 0 Å². The molecule has 0 fully saturated rings. The van der Waals surface area contributed by atoms with Crippen LogP contribution in [0.15, 0.2) is 43.0 Å². The van der Waals surface area contributed by atoms with Gasteiger partial charge in [-0.15, -0.1) is 6.58 Å². The van der Waals surface area contributed by atoms with Crippen molar-refractivity contribution in [3.8, 4) is 5.75 Å². The molecule has 0 spiro atoms. The second-order valence-electron chi connectivity index (χ2n) is 3.18. The topological polar surface area (TPSA) is 18.5 Å². The Morgan fingerprint density at radius 1 is 1.33 bits per heavy atom. The van der Waals surface area contributed by atoms with Gasteiger partial charge >= 0.3 is 0 Å². The minimum atomic E-state index is 0.0960. The van der Waals surface area contributed by atoms with Crippen molar-refractivity contribution in [3.05, 3.63) is 43.0 Å². The molecular weight excluding hydrogens is 188 g/mol. The normalized spacial score (nSPS) is 12.1. The summed E-state index contributed by atoms with van der Waals surface area (Å²) in [6, 6.07) is 9.79. The molecule has 82 valence electrons. The Kier molecular flexibility index (Phi) is 5.56. The van der Waals surface area contributed by atoms with Crippen LogP contribution in [-0.4, -0.2) is 19.3 Å². The van der Waals surface area contributed by atoms with Crippen LogP contribution in [0.3, 0.4) is 0 Å². The van der Waals surface area contributed by atoms with Crippen LogP contribution in [0.1, 0.15) is 13.3 Å². The van der Waals surface area contributed by atoms with Crippen LogP contribution in [0.2, 0.25) is 0 Å². The monoisotopic (exact) mass is 206 g/mol. The number of para-hydroxylation sites is 1. The van der Waals surface area contributed by atoms with Gasteiger partial charge in [-0.2, -0.15) is 0 Å². The van der Waals surface area contributed by atoms with E-state index in [0.717, 1.165) is 12.2 Å². The van der Waals surface area contributed by atoms with Crippen LogP contribution in [0.5, 0.6) is 5.75 Å². The van der Waals surface area contributed by atoms with Crippen molar-refractivity contribution < 1.29 is 9.47 Å². The van der Waals surface area contributed by atoms with Gasteiger partial charge in [0.05, 0.1) is 12.7 Å². The predicted molar refractivity (Wildman–Crippen MR) is 62.2 cm³/mol. The van der Waals surface area contributed by atoms with Gasteiger partial charge in [-0.25, -0.2) is 0 Å². The number of rotatable bonds is 7. The molecule has 1 atom stereocenters. The fourth-order valence-corrected chi connectivity index (χ4v) is 1.29. The summed E-state index contributed by atoms with van der Waals surface area (Å²) in [5.74, 6) is 0.900. The maximum absolute atomic E-state index is 5.56. The van der Waals surface area contributed by atoms with Gasteiger partial charge in [0.15, 0.2) is 0 Å². The number of hydrogen-bond donors (Lipinski definition) is 0. The van der Waals surface area contributed by atoms with Crippen LogP contribution >= 0.6 is 0 Å². The SMILES string of the molecule is C=C[C@@H](CCOc1ccccc1)OCC. The molecule has 0 aliphatic heterocycles. The van der Waals surface area contributed by atoms with Gasteiger partial charge in [0, 0.05) is 13.0 Å². The first-order valence-electron chi connectivity index (χ1n) is 5.28. The third-order valence-corrected chi connectivity index (χ3v) is 2.06. The highest BCUT2D eigenvalue weighted by Gasteiger charge is 2.02. The van der Waals surface area contributed by atoms with Crippen molar-refractivity contribution in [1.29, 1.82) is 0 Å². The highest BCUT2D eigenvalue weighted by Crippen LogP contribution is 2.09. The molecule has 0 saturated heterocycles. The lowest BCUT2D eigenvalue weighted by Crippen LogP contribution is -2.13. The highest BCUT2D eigenvalue weighted by molar-refractivity contribution is 5.20. The Labute approximate surface area is 91.5 Å². The van der Waals surface area contributed by atoms with E-state index in [2.05, 4.69) is 6.58 Å². The Hall–Kier alpha value is -1.28. The lowest BCUT2D eigenvalue weighted by atomic mass is 10.2. The van der Waals surface area contributed by atoms with Gasteiger partial charge in [0.25, 0.3) is 0 Å². The second-order valence-corrected chi connectivity index (χ2v) is 3.18. The number of hydrogen-bond acceptors (Lipinski definition) is 2. The van der Waals surface area contributed by atoms with Crippen LogP contribution < -0.4 is 4.74 Å². The van der Waals surface area contributed by atoms with E-state index in [-0.39, 0.29) is 6.10 Å². The summed E-state index contributed by atoms with van der Waals surface area (Å²) in [5, 5.41) is 0. The fraction of sp³-hybridized carbons (Fsp3) is 0.385. The molecule has 0 N–H and O–H groups in total. The summed E-state index contributed by atoms with van der Waals surface area (Å²) in [5.41, 5.74) is 0. The molecule has 0 aliphatic rings. The first kappa shape index (κ1) is 11.8. The molecule has 2 nitrogen and oxygen atoms in total. The molecule has 1 rings (SSSR count). The minimum Gasteiger partial charge on any atom is -0.493 e. The van der Waals surface area contributed by atoms with Gasteiger partial charge in [0.1, 0.15) is 5.75 Å². The van der Waals surface area contributed by atoms with Crippen LogP contribution in [0, 0.1) is 0 Å². The molecule has 0 unspecified atom stereocenters. The smallest absolute Gasteiger partial charge is 0.119 e. The van der Waals surface area contributed by atoms with E-state index in [1.165, 1.54) is 0 Å². The van der Waals surface area contributed by atoms with E-state index in [9.17, 15) is 0 Å². The molecule has 0 aliphatic carbocycles. The lowest BCUT2D eigenvalue weighted by molar-refractivity contribution is 0.0789. The average Bonchev–Trinajstić information content (AvgIpc) is 2.29. The van der Waals surface area contributed by atoms with Gasteiger partial charge in [-0.3, -0.25) is 0 Å². The van der Waals surface area contributed by atoms with E-state index in [1.54, 1.807) is 0 Å². The maximum atomic E-state index is 5.56. The van der Waals surface area contributed by atoms with E-state index in [0.29, 0.717) is 13.2 Å². The van der Waals surface area contributed by atoms with Gasteiger partial charge in [0.2, 0.25) is 0 Å². The predicted octanol–water partition coefficient (Wildman–Crippen LogP) is 3.05. The first-order valence-corrected chi connectivity index (χ1v) is 5.28. The summed E-state index contributed by atoms with van der Waals surface area (Å²) >= 11 is 0. The molecule has 0 radical (unpaired) electrons. The lowest BCUT2D eigenvalue weighted by Gasteiger charge is -2.12. The molecule has 2 heteroatoms. The summed E-state index contributed by atoms with van der Waals surface area (Å²) in [6.45, 7) is 7.07. The average molecular weight is 206 g/mol. The molecule has 15 heavy (non-hydrogen) atoms. The summed E-state index contributed by atoms with van der Waals surface area (Å²) < 4.78 is 11.0. The molecule has 0 saturated carbocycles. The Balaban J connectivity index is 2.23. The van der Waals surface area contributed by atoms with Gasteiger partial charge < -0.3 is 9.47 Å². The quantitative estimate of drug-likeness (QED) is 0.638. The third kappa shape index (κ3) is 4.66. The Morgan fingerprint density at radius 2 is 2.07 bits per heavy atom. The van der Waals surface area contributed by atoms with Crippen molar-refractivity contribution in [3.63, 3.8) is 0 Å². The van der Waals surface area contributed by atoms with Crippen LogP contribution in [0.25, 0.3) is 0 Å². The summed E-state index contributed by atoms with van der Waals surface area (Å²) in [6.07, 6.45) is 2.75. The number of benzene rings is 1. The molecule has 1 aromatic carbocycles. The van der Waals surface area contributed by atoms with E-state index < -0.39 is 0 Å². The molecule has 1 aromatic rings. The van der Waals surface area contributed by atoms with E-state index >= 15 is 0 Å². The minimum absolute atomic E-state index is 0.0960. The molecule has 0 bridgehead atoms. The van der Waals surface area contributed by atoms with Crippen molar-refractivity contribution in [1.82, 2.24) is 0 Å². The molecule has 0 aromatic heterocycles. The molecular formula is C13H18O2. The zero-order chi connectivity index (χ0) is 10.9. The first-order chi connectivity index (χ1) is 7.36. The van der Waals surface area contributed by atoms with Gasteiger partial charge in [-0.1, -0.05) is 24.3 Å². The molecule has 0 amide bonds. The van der Waals surface area contributed by atoms with Gasteiger partial charge in [-0.05, 0) is 19.1 Å². The largest absolute Gasteiger partial charge is 0.493 e. The summed E-state index contributed by atoms with van der Waals surface area (Å²) in [4.78, 5) is 0. The van der Waals surface area contributed by atoms with Crippen LogP contribution in [-0.2, 0) is 4.74 Å². The molecule has 0 heterocycles. The van der Waals surface area contributed by atoms with E-state index in [1.807, 2.05) is 43.3 Å². The van der Waals surface area contributed by atoms with Crippen molar-refractivity contribution in [2.24, 2.45) is 0 Å². The standard InChI is InChI=1S/C13H18O2/c1-3-12(14-4-2)10-11-15-13-8-6-5-7-9-13/h3,5-9,12H,1,4,10-11H2,2H3/t12-/m0/s1. The summed E-state index contributed by atoms with van der Waals surface area (Å²) in [7, 11) is 0. The zero-order valence-electron chi connectivity index (χ0n) is 9.19. The zero-order valence-corrected chi connectivity index (χ0v) is 9.19. The Bertz CT molecular complexity index is 269. The third-order valence-electron chi connectivity index (χ3n) is 2.06. The highest BCUT2D eigenvalue weighted by atomic mass is 16.5. The second kappa shape index (κ2) is 7.07. The van der Waals surface area contributed by atoms with Crippen molar-refractivity contribution in [2.45, 2.75) is 19.4 Å². The fourth-order valence-electron chi connectivity index (χ4n) is 1.29. The van der Waals surface area contributed by atoms with Crippen molar-refractivity contribution >= 4 is 0 Å².